The second-order valence-corrected chi connectivity index (χ2v) is 6.17. The van der Waals surface area contributed by atoms with Crippen LogP contribution in [0.3, 0.4) is 0 Å². The lowest BCUT2D eigenvalue weighted by atomic mass is 9.92. The zero-order valence-electron chi connectivity index (χ0n) is 12.3. The molecular weight excluding hydrogens is 264 g/mol. The minimum Gasteiger partial charge on any atom is -0.466 e. The third kappa shape index (κ3) is 8.26. The van der Waals surface area contributed by atoms with E-state index in [1.54, 1.807) is 6.92 Å². The Labute approximate surface area is 120 Å². The van der Waals surface area contributed by atoms with Crippen molar-refractivity contribution >= 4 is 22.8 Å². The lowest BCUT2D eigenvalue weighted by Gasteiger charge is -2.22. The SMILES string of the molecule is CCOC(=O)CC[C@@H](C(=O)SCC)[C@@H](O)CC(C)C. The van der Waals surface area contributed by atoms with Crippen molar-refractivity contribution in [1.29, 1.82) is 0 Å². The molecule has 0 saturated carbocycles. The molecule has 0 unspecified atom stereocenters. The van der Waals surface area contributed by atoms with Crippen LogP contribution in [0.2, 0.25) is 0 Å². The predicted molar refractivity (Wildman–Crippen MR) is 78.0 cm³/mol. The molecule has 0 aromatic carbocycles. The van der Waals surface area contributed by atoms with Crippen molar-refractivity contribution in [3.05, 3.63) is 0 Å². The number of carbonyl (C=O) groups excluding carboxylic acids is 2. The molecule has 2 atom stereocenters. The Morgan fingerprint density at radius 3 is 2.37 bits per heavy atom. The van der Waals surface area contributed by atoms with Gasteiger partial charge in [0.1, 0.15) is 0 Å². The highest BCUT2D eigenvalue weighted by Crippen LogP contribution is 2.24. The van der Waals surface area contributed by atoms with Gasteiger partial charge in [-0.05, 0) is 31.4 Å². The zero-order valence-corrected chi connectivity index (χ0v) is 13.2. The van der Waals surface area contributed by atoms with E-state index in [4.69, 9.17) is 4.74 Å². The Kier molecular flexibility index (Phi) is 9.97. The van der Waals surface area contributed by atoms with E-state index in [1.165, 1.54) is 11.8 Å². The van der Waals surface area contributed by atoms with Crippen LogP contribution in [-0.2, 0) is 14.3 Å². The lowest BCUT2D eigenvalue weighted by molar-refractivity contribution is -0.143. The molecule has 0 aliphatic rings. The molecule has 0 spiro atoms. The maximum absolute atomic E-state index is 12.0. The van der Waals surface area contributed by atoms with Crippen LogP contribution in [0.15, 0.2) is 0 Å². The molecule has 1 N–H and O–H groups in total. The number of aliphatic hydroxyl groups excluding tert-OH is 1. The Bertz CT molecular complexity index is 279. The highest BCUT2D eigenvalue weighted by molar-refractivity contribution is 8.13. The number of carbonyl (C=O) groups is 2. The molecule has 5 heteroatoms. The molecule has 0 bridgehead atoms. The van der Waals surface area contributed by atoms with E-state index < -0.39 is 12.0 Å². The van der Waals surface area contributed by atoms with Crippen LogP contribution in [0.4, 0.5) is 0 Å². The number of rotatable bonds is 9. The van der Waals surface area contributed by atoms with Gasteiger partial charge < -0.3 is 9.84 Å². The van der Waals surface area contributed by atoms with Crippen LogP contribution in [0.1, 0.15) is 47.0 Å². The Morgan fingerprint density at radius 1 is 1.26 bits per heavy atom. The van der Waals surface area contributed by atoms with Crippen LogP contribution in [0.5, 0.6) is 0 Å². The standard InChI is InChI=1S/C14H26O4S/c1-5-18-13(16)8-7-11(14(17)19-6-2)12(15)9-10(3)4/h10-12,15H,5-9H2,1-4H3/t11-,12+/m1/s1. The van der Waals surface area contributed by atoms with Crippen molar-refractivity contribution in [1.82, 2.24) is 0 Å². The first-order valence-corrected chi connectivity index (χ1v) is 7.91. The quantitative estimate of drug-likeness (QED) is 0.661. The van der Waals surface area contributed by atoms with Gasteiger partial charge in [0.2, 0.25) is 0 Å². The first-order chi connectivity index (χ1) is 8.92. The third-order valence-corrected chi connectivity index (χ3v) is 3.61. The van der Waals surface area contributed by atoms with E-state index in [2.05, 4.69) is 0 Å². The zero-order chi connectivity index (χ0) is 14.8. The molecule has 0 saturated heterocycles. The summed E-state index contributed by atoms with van der Waals surface area (Å²) in [5, 5.41) is 10.1. The van der Waals surface area contributed by atoms with Gasteiger partial charge in [-0.1, -0.05) is 32.5 Å². The average Bonchev–Trinajstić information content (AvgIpc) is 2.28. The lowest BCUT2D eigenvalue weighted by Crippen LogP contribution is -2.29. The van der Waals surface area contributed by atoms with Gasteiger partial charge in [0.25, 0.3) is 0 Å². The molecule has 0 aliphatic carbocycles. The number of hydrogen-bond acceptors (Lipinski definition) is 5. The van der Waals surface area contributed by atoms with E-state index in [-0.39, 0.29) is 17.5 Å². The van der Waals surface area contributed by atoms with Crippen molar-refractivity contribution in [2.75, 3.05) is 12.4 Å². The molecule has 4 nitrogen and oxygen atoms in total. The van der Waals surface area contributed by atoms with Gasteiger partial charge in [-0.25, -0.2) is 0 Å². The summed E-state index contributed by atoms with van der Waals surface area (Å²) in [6.45, 7) is 8.00. The summed E-state index contributed by atoms with van der Waals surface area (Å²) < 4.78 is 4.85. The first-order valence-electron chi connectivity index (χ1n) is 6.92. The molecule has 0 aliphatic heterocycles. The summed E-state index contributed by atoms with van der Waals surface area (Å²) in [6.07, 6.45) is 0.437. The molecular formula is C14H26O4S. The highest BCUT2D eigenvalue weighted by Gasteiger charge is 2.27. The summed E-state index contributed by atoms with van der Waals surface area (Å²) in [7, 11) is 0. The molecule has 0 aromatic heterocycles. The smallest absolute Gasteiger partial charge is 0.305 e. The van der Waals surface area contributed by atoms with Gasteiger partial charge in [-0.2, -0.15) is 0 Å². The fourth-order valence-corrected chi connectivity index (χ4v) is 2.64. The van der Waals surface area contributed by atoms with Crippen molar-refractivity contribution in [2.45, 2.75) is 53.1 Å². The third-order valence-electron chi connectivity index (χ3n) is 2.73. The maximum atomic E-state index is 12.0. The minimum absolute atomic E-state index is 0.0278. The summed E-state index contributed by atoms with van der Waals surface area (Å²) in [6, 6.07) is 0. The van der Waals surface area contributed by atoms with Crippen molar-refractivity contribution < 1.29 is 19.4 Å². The van der Waals surface area contributed by atoms with E-state index in [1.807, 2.05) is 20.8 Å². The number of hydrogen-bond donors (Lipinski definition) is 1. The normalized spacial score (nSPS) is 14.2. The number of thioether (sulfide) groups is 1. The Balaban J connectivity index is 4.49. The molecule has 0 aromatic rings. The van der Waals surface area contributed by atoms with Gasteiger partial charge in [-0.3, -0.25) is 9.59 Å². The van der Waals surface area contributed by atoms with Gasteiger partial charge in [-0.15, -0.1) is 0 Å². The number of aliphatic hydroxyl groups is 1. The largest absolute Gasteiger partial charge is 0.466 e. The average molecular weight is 290 g/mol. The van der Waals surface area contributed by atoms with Crippen LogP contribution in [-0.4, -0.2) is 34.7 Å². The van der Waals surface area contributed by atoms with Gasteiger partial charge in [0, 0.05) is 6.42 Å². The molecule has 0 amide bonds. The van der Waals surface area contributed by atoms with Crippen LogP contribution >= 0.6 is 11.8 Å². The first kappa shape index (κ1) is 18.4. The van der Waals surface area contributed by atoms with Gasteiger partial charge in [0.15, 0.2) is 5.12 Å². The van der Waals surface area contributed by atoms with Crippen molar-refractivity contribution in [2.24, 2.45) is 11.8 Å². The topological polar surface area (TPSA) is 63.6 Å². The van der Waals surface area contributed by atoms with Gasteiger partial charge >= 0.3 is 5.97 Å². The van der Waals surface area contributed by atoms with E-state index in [9.17, 15) is 14.7 Å². The highest BCUT2D eigenvalue weighted by atomic mass is 32.2. The monoisotopic (exact) mass is 290 g/mol. The second kappa shape index (κ2) is 10.3. The Hall–Kier alpha value is -0.550. The molecule has 0 rings (SSSR count). The summed E-state index contributed by atoms with van der Waals surface area (Å²) in [5.74, 6) is 0.221. The van der Waals surface area contributed by atoms with Crippen molar-refractivity contribution in [3.63, 3.8) is 0 Å². The fourth-order valence-electron chi connectivity index (χ4n) is 1.87. The summed E-state index contributed by atoms with van der Waals surface area (Å²) >= 11 is 1.21. The molecule has 0 heterocycles. The van der Waals surface area contributed by atoms with Crippen LogP contribution in [0.25, 0.3) is 0 Å². The van der Waals surface area contributed by atoms with Crippen molar-refractivity contribution in [3.8, 4) is 0 Å². The van der Waals surface area contributed by atoms with Crippen LogP contribution in [0, 0.1) is 11.8 Å². The second-order valence-electron chi connectivity index (χ2n) is 4.90. The fraction of sp³-hybridized carbons (Fsp3) is 0.857. The number of ether oxygens (including phenoxy) is 1. The minimum atomic E-state index is -0.680. The summed E-state index contributed by atoms with van der Waals surface area (Å²) in [5.41, 5.74) is 0. The summed E-state index contributed by atoms with van der Waals surface area (Å²) in [4.78, 5) is 23.3. The van der Waals surface area contributed by atoms with E-state index in [0.29, 0.717) is 31.1 Å². The van der Waals surface area contributed by atoms with Gasteiger partial charge in [0.05, 0.1) is 18.6 Å². The predicted octanol–water partition coefficient (Wildman–Crippen LogP) is 2.63. The maximum Gasteiger partial charge on any atom is 0.305 e. The van der Waals surface area contributed by atoms with E-state index in [0.717, 1.165) is 0 Å². The molecule has 112 valence electrons. The number of esters is 1. The molecule has 0 radical (unpaired) electrons. The van der Waals surface area contributed by atoms with E-state index >= 15 is 0 Å². The molecule has 0 fully saturated rings. The van der Waals surface area contributed by atoms with Crippen LogP contribution < -0.4 is 0 Å². The molecule has 19 heavy (non-hydrogen) atoms. The Morgan fingerprint density at radius 2 is 1.89 bits per heavy atom.